The predicted molar refractivity (Wildman–Crippen MR) is 143 cm³/mol. The summed E-state index contributed by atoms with van der Waals surface area (Å²) >= 11 is 0. The summed E-state index contributed by atoms with van der Waals surface area (Å²) in [6.07, 6.45) is 10.4. The van der Waals surface area contributed by atoms with E-state index in [9.17, 15) is 9.59 Å². The highest BCUT2D eigenvalue weighted by Gasteiger charge is 2.54. The van der Waals surface area contributed by atoms with Crippen molar-refractivity contribution in [2.75, 3.05) is 10.6 Å². The highest BCUT2D eigenvalue weighted by Crippen LogP contribution is 2.60. The van der Waals surface area contributed by atoms with Gasteiger partial charge in [-0.15, -0.1) is 0 Å². The van der Waals surface area contributed by atoms with Crippen LogP contribution in [0.1, 0.15) is 48.9 Å². The molecule has 0 atom stereocenters. The molecule has 4 fully saturated rings. The van der Waals surface area contributed by atoms with Crippen molar-refractivity contribution in [3.8, 4) is 11.4 Å². The Morgan fingerprint density at radius 3 is 2.14 bits per heavy atom. The summed E-state index contributed by atoms with van der Waals surface area (Å²) in [4.78, 5) is 37.9. The van der Waals surface area contributed by atoms with Gasteiger partial charge in [0, 0.05) is 34.9 Å². The lowest BCUT2D eigenvalue weighted by Gasteiger charge is -2.55. The highest BCUT2D eigenvalue weighted by atomic mass is 16.2. The van der Waals surface area contributed by atoms with Gasteiger partial charge in [-0.2, -0.15) is 0 Å². The second kappa shape index (κ2) is 8.54. The Bertz CT molecular complexity index is 1460. The zero-order chi connectivity index (χ0) is 25.0. The van der Waals surface area contributed by atoms with Gasteiger partial charge in [0.1, 0.15) is 5.82 Å². The van der Waals surface area contributed by atoms with E-state index in [0.29, 0.717) is 11.3 Å². The molecular weight excluding hydrogens is 462 g/mol. The van der Waals surface area contributed by atoms with Gasteiger partial charge in [-0.3, -0.25) is 14.6 Å². The van der Waals surface area contributed by atoms with E-state index >= 15 is 0 Å². The second-order valence-corrected chi connectivity index (χ2v) is 11.2. The minimum absolute atomic E-state index is 0.156. The molecule has 2 aromatic carbocycles. The molecule has 37 heavy (non-hydrogen) atoms. The molecule has 0 saturated heterocycles. The van der Waals surface area contributed by atoms with Crippen LogP contribution < -0.4 is 10.6 Å². The fourth-order valence-electron chi connectivity index (χ4n) is 7.29. The molecule has 4 bridgehead atoms. The molecule has 7 heteroatoms. The predicted octanol–water partition coefficient (Wildman–Crippen LogP) is 6.03. The lowest BCUT2D eigenvalue weighted by atomic mass is 9.49. The van der Waals surface area contributed by atoms with Crippen LogP contribution in [0.5, 0.6) is 0 Å². The van der Waals surface area contributed by atoms with E-state index in [1.54, 1.807) is 24.5 Å². The summed E-state index contributed by atoms with van der Waals surface area (Å²) in [5.41, 5.74) is 4.50. The van der Waals surface area contributed by atoms with E-state index in [4.69, 9.17) is 4.98 Å². The van der Waals surface area contributed by atoms with E-state index in [2.05, 4.69) is 20.6 Å². The minimum atomic E-state index is -0.187. The molecule has 2 aromatic heterocycles. The quantitative estimate of drug-likeness (QED) is 0.317. The number of carbonyl (C=O) groups excluding carboxylic acids is 2. The van der Waals surface area contributed by atoms with Gasteiger partial charge in [0.2, 0.25) is 5.91 Å². The number of benzene rings is 2. The van der Waals surface area contributed by atoms with Crippen molar-refractivity contribution in [1.82, 2.24) is 15.0 Å². The van der Waals surface area contributed by atoms with Gasteiger partial charge in [0.25, 0.3) is 5.91 Å². The third-order valence-electron chi connectivity index (χ3n) is 8.62. The zero-order valence-corrected chi connectivity index (χ0v) is 20.5. The van der Waals surface area contributed by atoms with Crippen molar-refractivity contribution in [2.45, 2.75) is 38.5 Å². The van der Waals surface area contributed by atoms with Gasteiger partial charge < -0.3 is 15.6 Å². The molecule has 7 nitrogen and oxygen atoms in total. The molecule has 186 valence electrons. The average molecular weight is 492 g/mol. The number of carbonyl (C=O) groups is 2. The number of hydrogen-bond acceptors (Lipinski definition) is 4. The van der Waals surface area contributed by atoms with E-state index in [1.807, 2.05) is 42.5 Å². The minimum Gasteiger partial charge on any atom is -0.338 e. The largest absolute Gasteiger partial charge is 0.338 e. The van der Waals surface area contributed by atoms with Crippen LogP contribution >= 0.6 is 0 Å². The third kappa shape index (κ3) is 4.08. The van der Waals surface area contributed by atoms with Crippen molar-refractivity contribution in [3.05, 3.63) is 72.6 Å². The first-order valence-electron chi connectivity index (χ1n) is 13.2. The van der Waals surface area contributed by atoms with E-state index in [0.717, 1.165) is 65.1 Å². The van der Waals surface area contributed by atoms with Crippen LogP contribution in [0.4, 0.5) is 11.4 Å². The Kier molecular flexibility index (Phi) is 5.13. The van der Waals surface area contributed by atoms with E-state index < -0.39 is 0 Å². The number of aromatic nitrogens is 3. The van der Waals surface area contributed by atoms with Crippen LogP contribution in [0.25, 0.3) is 22.4 Å². The van der Waals surface area contributed by atoms with Gasteiger partial charge >= 0.3 is 0 Å². The number of nitrogens with zero attached hydrogens (tertiary/aromatic N) is 2. The molecule has 0 unspecified atom stereocenters. The average Bonchev–Trinajstić information content (AvgIpc) is 3.32. The first kappa shape index (κ1) is 22.2. The summed E-state index contributed by atoms with van der Waals surface area (Å²) in [7, 11) is 0. The maximum atomic E-state index is 13.4. The highest BCUT2D eigenvalue weighted by molar-refractivity contribution is 6.05. The molecule has 0 aliphatic heterocycles. The second-order valence-electron chi connectivity index (χ2n) is 11.2. The Morgan fingerprint density at radius 1 is 0.811 bits per heavy atom. The van der Waals surface area contributed by atoms with Gasteiger partial charge in [0.05, 0.1) is 16.4 Å². The number of pyridine rings is 1. The van der Waals surface area contributed by atoms with Crippen molar-refractivity contribution < 1.29 is 9.59 Å². The van der Waals surface area contributed by atoms with Crippen LogP contribution in [-0.4, -0.2) is 26.8 Å². The Labute approximate surface area is 215 Å². The number of aromatic amines is 1. The number of anilines is 2. The molecule has 2 amide bonds. The van der Waals surface area contributed by atoms with Crippen LogP contribution in [0.15, 0.2) is 67.0 Å². The molecule has 0 spiro atoms. The number of H-pyrrole nitrogens is 1. The molecular formula is C30H29N5O2. The van der Waals surface area contributed by atoms with Gasteiger partial charge in [-0.25, -0.2) is 4.98 Å². The Morgan fingerprint density at radius 2 is 1.46 bits per heavy atom. The maximum Gasteiger partial charge on any atom is 0.255 e. The topological polar surface area (TPSA) is 99.8 Å². The number of rotatable bonds is 5. The molecule has 4 aliphatic rings. The number of fused-ring (bicyclic) bond motifs is 1. The van der Waals surface area contributed by atoms with Gasteiger partial charge in [-0.1, -0.05) is 0 Å². The summed E-state index contributed by atoms with van der Waals surface area (Å²) < 4.78 is 0. The first-order chi connectivity index (χ1) is 18.0. The Balaban J connectivity index is 1.05. The van der Waals surface area contributed by atoms with Crippen molar-refractivity contribution in [2.24, 2.45) is 23.2 Å². The number of imidazole rings is 1. The van der Waals surface area contributed by atoms with E-state index in [1.165, 1.54) is 19.3 Å². The zero-order valence-electron chi connectivity index (χ0n) is 20.5. The third-order valence-corrected chi connectivity index (χ3v) is 8.62. The summed E-state index contributed by atoms with van der Waals surface area (Å²) in [6.45, 7) is 0. The molecule has 3 N–H and O–H groups in total. The first-order valence-corrected chi connectivity index (χ1v) is 13.2. The monoisotopic (exact) mass is 491 g/mol. The molecule has 4 saturated carbocycles. The normalized spacial score (nSPS) is 25.8. The van der Waals surface area contributed by atoms with Crippen LogP contribution in [0.3, 0.4) is 0 Å². The molecule has 8 rings (SSSR count). The van der Waals surface area contributed by atoms with Crippen molar-refractivity contribution in [1.29, 1.82) is 0 Å². The van der Waals surface area contributed by atoms with Crippen LogP contribution in [0, 0.1) is 23.2 Å². The van der Waals surface area contributed by atoms with Crippen LogP contribution in [-0.2, 0) is 4.79 Å². The van der Waals surface area contributed by atoms with Crippen molar-refractivity contribution in [3.63, 3.8) is 0 Å². The number of hydrogen-bond donors (Lipinski definition) is 3. The van der Waals surface area contributed by atoms with Crippen molar-refractivity contribution >= 4 is 34.2 Å². The van der Waals surface area contributed by atoms with Gasteiger partial charge in [-0.05, 0) is 111 Å². The molecule has 0 radical (unpaired) electrons. The van der Waals surface area contributed by atoms with Gasteiger partial charge in [0.15, 0.2) is 0 Å². The summed E-state index contributed by atoms with van der Waals surface area (Å²) in [5.74, 6) is 3.01. The smallest absolute Gasteiger partial charge is 0.255 e. The molecule has 4 aliphatic carbocycles. The fraction of sp³-hybridized carbons (Fsp3) is 0.333. The van der Waals surface area contributed by atoms with E-state index in [-0.39, 0.29) is 17.2 Å². The van der Waals surface area contributed by atoms with Crippen LogP contribution in [0.2, 0.25) is 0 Å². The number of nitrogens with one attached hydrogen (secondary N) is 3. The maximum absolute atomic E-state index is 13.4. The molecule has 4 aromatic rings. The lowest BCUT2D eigenvalue weighted by Crippen LogP contribution is -2.51. The SMILES string of the molecule is O=C(Nc1ccc2nc(-c3ccc(NC(=O)C45CC6CC(CC(C6)C4)C5)cc3)[nH]c2c1)c1ccncc1. The standard InChI is InChI=1S/C30H29N5O2/c36-28(22-7-9-31-10-8-22)32-24-5-6-25-26(14-24)35-27(34-25)21-1-3-23(4-2-21)33-29(37)30-15-18-11-19(16-30)13-20(12-18)17-30/h1-10,14,18-20H,11-13,15-17H2,(H,32,36)(H,33,37)(H,34,35). The summed E-state index contributed by atoms with van der Waals surface area (Å²) in [6, 6.07) is 16.9. The lowest BCUT2D eigenvalue weighted by molar-refractivity contribution is -0.140. The fourth-order valence-corrected chi connectivity index (χ4v) is 7.29. The summed E-state index contributed by atoms with van der Waals surface area (Å²) in [5, 5.41) is 6.15. The Hall–Kier alpha value is -4.00. The molecule has 2 heterocycles. The number of amides is 2.